The molecule has 0 bridgehead atoms. The van der Waals surface area contributed by atoms with Gasteiger partial charge in [-0.2, -0.15) is 5.10 Å². The van der Waals surface area contributed by atoms with Crippen molar-refractivity contribution in [3.05, 3.63) is 93.9 Å². The minimum Gasteiger partial charge on any atom is -0.507 e. The fourth-order valence-electron chi connectivity index (χ4n) is 5.01. The van der Waals surface area contributed by atoms with E-state index in [9.17, 15) is 14.3 Å². The second-order valence-corrected chi connectivity index (χ2v) is 10.1. The summed E-state index contributed by atoms with van der Waals surface area (Å²) in [6.45, 7) is 5.29. The number of carbonyl (C=O) groups excluding carboxylic acids is 1. The number of hydrogen-bond acceptors (Lipinski definition) is 5. The zero-order valence-corrected chi connectivity index (χ0v) is 23.2. The van der Waals surface area contributed by atoms with Crippen molar-refractivity contribution < 1.29 is 23.8 Å². The molecule has 0 fully saturated rings. The lowest BCUT2D eigenvalue weighted by Gasteiger charge is -2.27. The molecule has 1 aromatic heterocycles. The van der Waals surface area contributed by atoms with E-state index in [1.165, 1.54) is 18.2 Å². The first kappa shape index (κ1) is 27.5. The Labute approximate surface area is 237 Å². The van der Waals surface area contributed by atoms with Crippen molar-refractivity contribution in [2.75, 3.05) is 13.2 Å². The second-order valence-electron chi connectivity index (χ2n) is 9.68. The van der Waals surface area contributed by atoms with Crippen molar-refractivity contribution in [1.82, 2.24) is 15.1 Å². The van der Waals surface area contributed by atoms with Crippen LogP contribution in [0.15, 0.2) is 60.7 Å². The number of amides is 1. The van der Waals surface area contributed by atoms with Gasteiger partial charge in [-0.05, 0) is 66.9 Å². The van der Waals surface area contributed by atoms with Gasteiger partial charge in [-0.3, -0.25) is 9.89 Å². The average Bonchev–Trinajstić information content (AvgIpc) is 3.49. The summed E-state index contributed by atoms with van der Waals surface area (Å²) in [5.41, 5.74) is 3.32. The molecule has 0 saturated heterocycles. The summed E-state index contributed by atoms with van der Waals surface area (Å²) in [4.78, 5) is 15.5. The molecule has 1 atom stereocenters. The van der Waals surface area contributed by atoms with Crippen LogP contribution in [-0.4, -0.2) is 39.3 Å². The summed E-state index contributed by atoms with van der Waals surface area (Å²) in [7, 11) is 0. The van der Waals surface area contributed by atoms with E-state index >= 15 is 0 Å². The lowest BCUT2D eigenvalue weighted by molar-refractivity contribution is 0.0729. The van der Waals surface area contributed by atoms with Gasteiger partial charge < -0.3 is 19.5 Å². The van der Waals surface area contributed by atoms with Crippen LogP contribution in [0.25, 0.3) is 11.3 Å². The van der Waals surface area contributed by atoms with Gasteiger partial charge in [0.25, 0.3) is 5.91 Å². The number of aromatic hydroxyl groups is 1. The van der Waals surface area contributed by atoms with Crippen LogP contribution in [0.2, 0.25) is 5.02 Å². The minimum absolute atomic E-state index is 0.00674. The standard InChI is InChI=1S/C31H31ClFN3O4/c1-3-5-6-15-40-25-14-9-20(16-26(25)39-4-2)30-27-28(23-17-21(32)10-13-24(23)37)34-35-29(27)31(38)36(30)18-19-7-11-22(33)12-8-19/h7-14,16-17,30,37H,3-6,15,18H2,1-2H3,(H,34,35). The number of hydrogen-bond donors (Lipinski definition) is 2. The Morgan fingerprint density at radius 2 is 1.82 bits per heavy atom. The number of unbranched alkanes of at least 4 members (excludes halogenated alkanes) is 2. The third kappa shape index (κ3) is 5.49. The summed E-state index contributed by atoms with van der Waals surface area (Å²) in [6, 6.07) is 15.9. The molecule has 0 saturated carbocycles. The van der Waals surface area contributed by atoms with Crippen LogP contribution in [0.5, 0.6) is 17.2 Å². The molecule has 7 nitrogen and oxygen atoms in total. The Morgan fingerprint density at radius 1 is 1.02 bits per heavy atom. The van der Waals surface area contributed by atoms with E-state index in [4.69, 9.17) is 21.1 Å². The van der Waals surface area contributed by atoms with E-state index < -0.39 is 6.04 Å². The zero-order chi connectivity index (χ0) is 28.2. The molecule has 1 unspecified atom stereocenters. The molecule has 1 aliphatic rings. The molecule has 0 radical (unpaired) electrons. The summed E-state index contributed by atoms with van der Waals surface area (Å²) >= 11 is 6.26. The van der Waals surface area contributed by atoms with Crippen molar-refractivity contribution in [3.63, 3.8) is 0 Å². The number of phenols is 1. The van der Waals surface area contributed by atoms with E-state index in [0.717, 1.165) is 30.4 Å². The minimum atomic E-state index is -0.576. The molecule has 0 spiro atoms. The van der Waals surface area contributed by atoms with Gasteiger partial charge in [-0.15, -0.1) is 0 Å². The van der Waals surface area contributed by atoms with Crippen molar-refractivity contribution in [3.8, 4) is 28.5 Å². The number of rotatable bonds is 11. The summed E-state index contributed by atoms with van der Waals surface area (Å²) in [5, 5.41) is 18.4. The molecule has 2 heterocycles. The summed E-state index contributed by atoms with van der Waals surface area (Å²) in [6.07, 6.45) is 3.11. The molecule has 1 amide bonds. The molecule has 3 aromatic carbocycles. The Morgan fingerprint density at radius 3 is 2.58 bits per heavy atom. The van der Waals surface area contributed by atoms with Crippen LogP contribution in [0, 0.1) is 5.82 Å². The van der Waals surface area contributed by atoms with Gasteiger partial charge in [0.15, 0.2) is 11.5 Å². The number of aromatic nitrogens is 2. The number of benzene rings is 3. The van der Waals surface area contributed by atoms with Gasteiger partial charge in [0, 0.05) is 22.7 Å². The van der Waals surface area contributed by atoms with E-state index in [2.05, 4.69) is 17.1 Å². The fourth-order valence-corrected chi connectivity index (χ4v) is 5.18. The number of ether oxygens (including phenoxy) is 2. The smallest absolute Gasteiger partial charge is 0.273 e. The van der Waals surface area contributed by atoms with Crippen LogP contribution in [0.1, 0.15) is 66.3 Å². The van der Waals surface area contributed by atoms with E-state index in [0.29, 0.717) is 52.3 Å². The molecule has 9 heteroatoms. The average molecular weight is 564 g/mol. The largest absolute Gasteiger partial charge is 0.507 e. The second kappa shape index (κ2) is 12.0. The molecule has 0 aliphatic carbocycles. The Bertz CT molecular complexity index is 1510. The maximum Gasteiger partial charge on any atom is 0.273 e. The third-order valence-electron chi connectivity index (χ3n) is 6.93. The predicted molar refractivity (Wildman–Crippen MR) is 151 cm³/mol. The third-order valence-corrected chi connectivity index (χ3v) is 7.17. The number of halogens is 2. The monoisotopic (exact) mass is 563 g/mol. The molecule has 40 heavy (non-hydrogen) atoms. The fraction of sp³-hybridized carbons (Fsp3) is 0.290. The number of nitrogens with one attached hydrogen (secondary N) is 1. The van der Waals surface area contributed by atoms with Crippen molar-refractivity contribution in [2.24, 2.45) is 0 Å². The zero-order valence-electron chi connectivity index (χ0n) is 22.4. The predicted octanol–water partition coefficient (Wildman–Crippen LogP) is 7.29. The first-order valence-corrected chi connectivity index (χ1v) is 13.8. The lowest BCUT2D eigenvalue weighted by atomic mass is 9.95. The van der Waals surface area contributed by atoms with Gasteiger partial charge in [0.2, 0.25) is 0 Å². The van der Waals surface area contributed by atoms with Crippen molar-refractivity contribution in [1.29, 1.82) is 0 Å². The molecule has 1 aliphatic heterocycles. The molecule has 4 aromatic rings. The molecule has 5 rings (SSSR count). The highest BCUT2D eigenvalue weighted by molar-refractivity contribution is 6.31. The highest BCUT2D eigenvalue weighted by atomic mass is 35.5. The summed E-state index contributed by atoms with van der Waals surface area (Å²) in [5.74, 6) is 0.596. The summed E-state index contributed by atoms with van der Waals surface area (Å²) < 4.78 is 25.6. The molecule has 208 valence electrons. The maximum atomic E-state index is 13.8. The van der Waals surface area contributed by atoms with Crippen LogP contribution in [0.4, 0.5) is 4.39 Å². The van der Waals surface area contributed by atoms with Crippen molar-refractivity contribution in [2.45, 2.75) is 45.7 Å². The molecule has 2 N–H and O–H groups in total. The first-order valence-electron chi connectivity index (χ1n) is 13.4. The quantitative estimate of drug-likeness (QED) is 0.187. The lowest BCUT2D eigenvalue weighted by Crippen LogP contribution is -2.29. The maximum absolute atomic E-state index is 13.8. The Kier molecular flexibility index (Phi) is 8.26. The number of aromatic amines is 1. The molecular weight excluding hydrogens is 533 g/mol. The Hall–Kier alpha value is -4.04. The van der Waals surface area contributed by atoms with Gasteiger partial charge >= 0.3 is 0 Å². The normalized spacial score (nSPS) is 14.4. The van der Waals surface area contributed by atoms with E-state index in [1.807, 2.05) is 25.1 Å². The Balaban J connectivity index is 1.60. The van der Waals surface area contributed by atoms with E-state index in [-0.39, 0.29) is 24.0 Å². The topological polar surface area (TPSA) is 87.7 Å². The number of nitrogens with zero attached hydrogens (tertiary/aromatic N) is 2. The van der Waals surface area contributed by atoms with Crippen LogP contribution >= 0.6 is 11.6 Å². The van der Waals surface area contributed by atoms with Gasteiger partial charge in [0.05, 0.1) is 19.3 Å². The SMILES string of the molecule is CCCCCOc1ccc(C2c3c(-c4cc(Cl)ccc4O)n[nH]c3C(=O)N2Cc2ccc(F)cc2)cc1OCC. The number of fused-ring (bicyclic) bond motifs is 1. The van der Waals surface area contributed by atoms with Crippen LogP contribution in [-0.2, 0) is 6.54 Å². The van der Waals surface area contributed by atoms with Gasteiger partial charge in [-0.1, -0.05) is 49.6 Å². The number of phenolic OH excluding ortho intramolecular Hbond substituents is 1. The number of H-pyrrole nitrogens is 1. The highest BCUT2D eigenvalue weighted by Crippen LogP contribution is 2.47. The van der Waals surface area contributed by atoms with Gasteiger partial charge in [-0.25, -0.2) is 4.39 Å². The first-order chi connectivity index (χ1) is 19.4. The van der Waals surface area contributed by atoms with Crippen LogP contribution in [0.3, 0.4) is 0 Å². The molecular formula is C31H31ClFN3O4. The number of carbonyl (C=O) groups is 1. The van der Waals surface area contributed by atoms with Crippen molar-refractivity contribution >= 4 is 17.5 Å². The van der Waals surface area contributed by atoms with Crippen LogP contribution < -0.4 is 9.47 Å². The van der Waals surface area contributed by atoms with Gasteiger partial charge in [0.1, 0.15) is 23.0 Å². The highest BCUT2D eigenvalue weighted by Gasteiger charge is 2.43. The van der Waals surface area contributed by atoms with E-state index in [1.54, 1.807) is 29.2 Å².